The molecule has 0 spiro atoms. The van der Waals surface area contributed by atoms with E-state index in [0.29, 0.717) is 12.3 Å². The van der Waals surface area contributed by atoms with Crippen molar-refractivity contribution in [2.24, 2.45) is 11.8 Å². The Morgan fingerprint density at radius 3 is 2.35 bits per heavy atom. The van der Waals surface area contributed by atoms with Crippen LogP contribution in [0.3, 0.4) is 0 Å². The number of fused-ring (bicyclic) bond motifs is 3. The number of rotatable bonds is 2. The summed E-state index contributed by atoms with van der Waals surface area (Å²) in [6.45, 7) is 6.88. The van der Waals surface area contributed by atoms with Crippen molar-refractivity contribution < 1.29 is 19.1 Å². The van der Waals surface area contributed by atoms with E-state index in [9.17, 15) is 14.4 Å². The average molecular weight is 319 g/mol. The molecule has 4 aliphatic rings. The topological polar surface area (TPSA) is 63.7 Å². The number of piperidine rings is 2. The molecule has 2 aliphatic carbocycles. The van der Waals surface area contributed by atoms with Gasteiger partial charge in [0.05, 0.1) is 6.04 Å². The largest absolute Gasteiger partial charge is 0.444 e. The van der Waals surface area contributed by atoms with Gasteiger partial charge in [-0.05, 0) is 59.3 Å². The van der Waals surface area contributed by atoms with Crippen LogP contribution < -0.4 is 0 Å². The van der Waals surface area contributed by atoms with Crippen molar-refractivity contribution in [3.63, 3.8) is 0 Å². The summed E-state index contributed by atoms with van der Waals surface area (Å²) in [5.74, 6) is -0.0166. The number of ketones is 2. The Morgan fingerprint density at radius 1 is 1.17 bits per heavy atom. The van der Waals surface area contributed by atoms with Crippen LogP contribution in [0, 0.1) is 11.8 Å². The van der Waals surface area contributed by atoms with Gasteiger partial charge in [0.15, 0.2) is 11.6 Å². The van der Waals surface area contributed by atoms with Crippen LogP contribution in [0.2, 0.25) is 0 Å². The quantitative estimate of drug-likeness (QED) is 0.734. The summed E-state index contributed by atoms with van der Waals surface area (Å²) in [6.07, 6.45) is 5.18. The Labute approximate surface area is 137 Å². The molecule has 0 aromatic rings. The van der Waals surface area contributed by atoms with Crippen LogP contribution in [0.15, 0.2) is 11.6 Å². The number of nitrogens with zero attached hydrogens (tertiary/aromatic N) is 1. The fourth-order valence-corrected chi connectivity index (χ4v) is 3.72. The maximum absolute atomic E-state index is 12.7. The first-order valence-electron chi connectivity index (χ1n) is 8.46. The molecule has 5 heteroatoms. The molecule has 4 fully saturated rings. The number of hydrogen-bond donors (Lipinski definition) is 0. The molecular weight excluding hydrogens is 294 g/mol. The average Bonchev–Trinajstić information content (AvgIpc) is 3.23. The van der Waals surface area contributed by atoms with Gasteiger partial charge in [-0.25, -0.2) is 4.79 Å². The molecule has 2 saturated heterocycles. The molecule has 3 atom stereocenters. The minimum absolute atomic E-state index is 0.0631. The van der Waals surface area contributed by atoms with Crippen molar-refractivity contribution in [2.75, 3.05) is 0 Å². The van der Waals surface area contributed by atoms with Crippen LogP contribution in [0.4, 0.5) is 4.79 Å². The zero-order chi connectivity index (χ0) is 16.9. The highest BCUT2D eigenvalue weighted by molar-refractivity contribution is 6.06. The first kappa shape index (κ1) is 16.2. The Kier molecular flexibility index (Phi) is 3.85. The second-order valence-electron chi connectivity index (χ2n) is 7.97. The van der Waals surface area contributed by atoms with Crippen molar-refractivity contribution in [1.29, 1.82) is 0 Å². The summed E-state index contributed by atoms with van der Waals surface area (Å²) in [6, 6.07) is -0.982. The molecular formula is C18H25NO4. The van der Waals surface area contributed by atoms with Gasteiger partial charge in [-0.15, -0.1) is 0 Å². The molecule has 0 aromatic heterocycles. The third-order valence-electron chi connectivity index (χ3n) is 4.81. The maximum Gasteiger partial charge on any atom is 0.411 e. The van der Waals surface area contributed by atoms with Gasteiger partial charge >= 0.3 is 6.09 Å². The molecule has 0 unspecified atom stereocenters. The van der Waals surface area contributed by atoms with Gasteiger partial charge in [0.2, 0.25) is 0 Å². The number of allylic oxidation sites excluding steroid dienone is 1. The molecule has 2 aliphatic heterocycles. The van der Waals surface area contributed by atoms with Crippen molar-refractivity contribution in [3.8, 4) is 0 Å². The van der Waals surface area contributed by atoms with Gasteiger partial charge < -0.3 is 4.74 Å². The van der Waals surface area contributed by atoms with Crippen molar-refractivity contribution >= 4 is 17.7 Å². The Balaban J connectivity index is 1.95. The lowest BCUT2D eigenvalue weighted by molar-refractivity contribution is -0.139. The summed E-state index contributed by atoms with van der Waals surface area (Å²) in [4.78, 5) is 39.1. The normalized spacial score (nSPS) is 32.3. The lowest BCUT2D eigenvalue weighted by atomic mass is 9.69. The first-order valence-corrected chi connectivity index (χ1v) is 8.46. The van der Waals surface area contributed by atoms with Gasteiger partial charge in [0.25, 0.3) is 0 Å². The standard InChI is InChI=1S/C18H25NO4/c1-10(20)15-12-7-8-14(13(16(12)21)9-11-5-6-11)19(15)17(22)23-18(2,3)4/h9,11-12,14-15H,5-8H2,1-4H3/b13-9+/t12-,14-,15+/m0/s1. The van der Waals surface area contributed by atoms with Crippen molar-refractivity contribution in [2.45, 2.75) is 71.1 Å². The highest BCUT2D eigenvalue weighted by Crippen LogP contribution is 2.44. The molecule has 0 aromatic carbocycles. The maximum atomic E-state index is 12.7. The van der Waals surface area contributed by atoms with Crippen LogP contribution >= 0.6 is 0 Å². The smallest absolute Gasteiger partial charge is 0.411 e. The van der Waals surface area contributed by atoms with Gasteiger partial charge in [0, 0.05) is 11.5 Å². The number of carbonyl (C=O) groups is 3. The van der Waals surface area contributed by atoms with E-state index in [4.69, 9.17) is 4.74 Å². The van der Waals surface area contributed by atoms with E-state index in [-0.39, 0.29) is 17.6 Å². The van der Waals surface area contributed by atoms with E-state index < -0.39 is 23.7 Å². The van der Waals surface area contributed by atoms with Crippen molar-refractivity contribution in [1.82, 2.24) is 4.90 Å². The second-order valence-corrected chi connectivity index (χ2v) is 7.97. The molecule has 0 radical (unpaired) electrons. The minimum atomic E-state index is -0.674. The molecule has 5 nitrogen and oxygen atoms in total. The predicted molar refractivity (Wildman–Crippen MR) is 84.9 cm³/mol. The number of Topliss-reactive ketones (excluding diaryl/α,β-unsaturated/α-hetero) is 2. The zero-order valence-electron chi connectivity index (χ0n) is 14.3. The molecule has 126 valence electrons. The molecule has 2 saturated carbocycles. The van der Waals surface area contributed by atoms with E-state index in [1.165, 1.54) is 11.8 Å². The van der Waals surface area contributed by atoms with E-state index in [1.54, 1.807) is 0 Å². The third-order valence-corrected chi connectivity index (χ3v) is 4.81. The Morgan fingerprint density at radius 2 is 1.83 bits per heavy atom. The van der Waals surface area contributed by atoms with Gasteiger partial charge in [-0.1, -0.05) is 6.08 Å². The van der Waals surface area contributed by atoms with Gasteiger partial charge in [0.1, 0.15) is 11.6 Å². The fraction of sp³-hybridized carbons (Fsp3) is 0.722. The van der Waals surface area contributed by atoms with E-state index >= 15 is 0 Å². The summed E-state index contributed by atoms with van der Waals surface area (Å²) >= 11 is 0. The number of ether oxygens (including phenoxy) is 1. The number of amides is 1. The molecule has 23 heavy (non-hydrogen) atoms. The van der Waals surface area contributed by atoms with E-state index in [0.717, 1.165) is 24.8 Å². The van der Waals surface area contributed by atoms with E-state index in [2.05, 4.69) is 0 Å². The fourth-order valence-electron chi connectivity index (χ4n) is 3.72. The summed E-state index contributed by atoms with van der Waals surface area (Å²) in [5.41, 5.74) is 0.103. The van der Waals surface area contributed by atoms with Crippen molar-refractivity contribution in [3.05, 3.63) is 11.6 Å². The number of hydrogen-bond acceptors (Lipinski definition) is 4. The highest BCUT2D eigenvalue weighted by Gasteiger charge is 2.54. The third kappa shape index (κ3) is 3.06. The highest BCUT2D eigenvalue weighted by atomic mass is 16.6. The van der Waals surface area contributed by atoms with Crippen LogP contribution in [0.1, 0.15) is 53.4 Å². The molecule has 1 amide bonds. The molecule has 2 heterocycles. The van der Waals surface area contributed by atoms with Gasteiger partial charge in [-0.2, -0.15) is 0 Å². The molecule has 0 N–H and O–H groups in total. The monoisotopic (exact) mass is 319 g/mol. The summed E-state index contributed by atoms with van der Waals surface area (Å²) in [7, 11) is 0. The van der Waals surface area contributed by atoms with Crippen LogP contribution in [-0.4, -0.2) is 40.2 Å². The van der Waals surface area contributed by atoms with Gasteiger partial charge in [-0.3, -0.25) is 14.5 Å². The number of carbonyl (C=O) groups excluding carboxylic acids is 3. The molecule has 2 bridgehead atoms. The lowest BCUT2D eigenvalue weighted by Crippen LogP contribution is -2.64. The van der Waals surface area contributed by atoms with E-state index in [1.807, 2.05) is 26.8 Å². The summed E-state index contributed by atoms with van der Waals surface area (Å²) < 4.78 is 5.51. The Hall–Kier alpha value is -1.65. The lowest BCUT2D eigenvalue weighted by Gasteiger charge is -2.50. The SMILES string of the molecule is CC(=O)[C@@H]1[C@@H]2CC[C@@H](/C(=C\C3CC3)C2=O)N1C(=O)OC(C)(C)C. The zero-order valence-corrected chi connectivity index (χ0v) is 14.3. The van der Waals surface area contributed by atoms with Crippen LogP contribution in [0.5, 0.6) is 0 Å². The molecule has 4 rings (SSSR count). The minimum Gasteiger partial charge on any atom is -0.444 e. The Bertz CT molecular complexity index is 582. The second kappa shape index (κ2) is 5.46. The van der Waals surface area contributed by atoms with Crippen LogP contribution in [0.25, 0.3) is 0 Å². The van der Waals surface area contributed by atoms with Crippen LogP contribution in [-0.2, 0) is 14.3 Å². The summed E-state index contributed by atoms with van der Waals surface area (Å²) in [5, 5.41) is 0. The predicted octanol–water partition coefficient (Wildman–Crippen LogP) is 2.88. The first-order chi connectivity index (χ1) is 10.7.